The molecular weight excluding hydrogens is 1850 g/mol. The van der Waals surface area contributed by atoms with E-state index in [1.807, 2.05) is 95.3 Å². The number of aromatic nitrogens is 7. The number of thiophene rings is 4. The van der Waals surface area contributed by atoms with E-state index in [0.29, 0.717) is 50.8 Å². The number of rotatable bonds is 10. The first kappa shape index (κ1) is 99.9. The largest absolute Gasteiger partial charge is 0.507 e. The van der Waals surface area contributed by atoms with E-state index in [-0.39, 0.29) is 55.8 Å². The lowest BCUT2D eigenvalue weighted by Crippen LogP contribution is -2.45. The molecule has 7 aliphatic heterocycles. The third-order valence-electron chi connectivity index (χ3n) is 28.1. The number of likely N-dealkylation sites (N-methyl/N-ethyl adjacent to an activating group) is 2. The van der Waals surface area contributed by atoms with Crippen molar-refractivity contribution in [3.63, 3.8) is 0 Å². The molecule has 7 aliphatic rings. The number of nitrogens with one attached hydrogen (secondary N) is 7. The Balaban J connectivity index is 0.000000117. The number of likely N-dealkylation sites (tertiary alicyclic amines) is 3. The Morgan fingerprint density at radius 3 is 1.06 bits per heavy atom. The lowest BCUT2D eigenvalue weighted by Gasteiger charge is -2.36. The molecule has 0 radical (unpaired) electrons. The summed E-state index contributed by atoms with van der Waals surface area (Å²) in [6.07, 6.45) is 6.00. The molecule has 7 saturated heterocycles. The van der Waals surface area contributed by atoms with Gasteiger partial charge < -0.3 is 93.9 Å². The van der Waals surface area contributed by atoms with Crippen LogP contribution in [-0.2, 0) is 6.18 Å². The van der Waals surface area contributed by atoms with Crippen LogP contribution in [0.15, 0.2) is 201 Å². The smallest absolute Gasteiger partial charge is 0.417 e. The number of H-pyrrole nitrogens is 7. The molecule has 22 rings (SSSR count). The van der Waals surface area contributed by atoms with Crippen molar-refractivity contribution in [2.45, 2.75) is 100 Å². The molecule has 0 spiro atoms. The topological polar surface area (TPSA) is 286 Å². The highest BCUT2D eigenvalue weighted by Gasteiger charge is 2.35. The third kappa shape index (κ3) is 24.0. The van der Waals surface area contributed by atoms with Crippen LogP contribution in [0.5, 0.6) is 5.75 Å². The number of alkyl halides is 3. The van der Waals surface area contributed by atoms with Crippen LogP contribution < -0.4 is 58.5 Å². The number of phenols is 1. The highest BCUT2D eigenvalue weighted by atomic mass is 35.5. The predicted octanol–water partition coefficient (Wildman–Crippen LogP) is 17.0. The van der Waals surface area contributed by atoms with E-state index in [4.69, 9.17) is 11.6 Å². The number of halogens is 4. The number of piperazine rings is 2. The number of aromatic amines is 7. The molecular formula is C104H124ClF3N18O8S4. The summed E-state index contributed by atoms with van der Waals surface area (Å²) >= 11 is 12.6. The molecule has 0 bridgehead atoms. The Labute approximate surface area is 819 Å². The number of benzene rings is 4. The number of hydrogen-bond acceptors (Lipinski definition) is 23. The quantitative estimate of drug-likeness (QED) is 0.0631. The van der Waals surface area contributed by atoms with Crippen molar-refractivity contribution in [1.82, 2.24) is 69.2 Å². The van der Waals surface area contributed by atoms with Crippen LogP contribution in [0.25, 0.3) is 83.8 Å². The van der Waals surface area contributed by atoms with Crippen molar-refractivity contribution >= 4 is 153 Å². The van der Waals surface area contributed by atoms with Gasteiger partial charge >= 0.3 is 6.18 Å². The van der Waals surface area contributed by atoms with Crippen molar-refractivity contribution < 1.29 is 18.3 Å². The van der Waals surface area contributed by atoms with Gasteiger partial charge in [-0.25, -0.2) is 0 Å². The summed E-state index contributed by atoms with van der Waals surface area (Å²) in [6, 6.07) is 45.8. The van der Waals surface area contributed by atoms with Crippen LogP contribution in [-0.4, -0.2) is 268 Å². The van der Waals surface area contributed by atoms with E-state index < -0.39 is 17.3 Å². The van der Waals surface area contributed by atoms with E-state index in [1.165, 1.54) is 63.5 Å². The molecule has 18 heterocycles. The number of phenolic OH excluding ortho intramolecular Hbond substituents is 1. The average Bonchev–Trinajstić information content (AvgIpc) is 1.86. The minimum atomic E-state index is -4.46. The summed E-state index contributed by atoms with van der Waals surface area (Å²) in [6.45, 7) is 18.1. The van der Waals surface area contributed by atoms with Gasteiger partial charge in [-0.3, -0.25) is 33.6 Å². The molecule has 26 nitrogen and oxygen atoms in total. The molecule has 7 fully saturated rings. The first-order valence-corrected chi connectivity index (χ1v) is 51.5. The molecule has 15 aromatic rings. The molecule has 138 heavy (non-hydrogen) atoms. The van der Waals surface area contributed by atoms with Crippen molar-refractivity contribution in [3.8, 4) is 16.9 Å². The van der Waals surface area contributed by atoms with Gasteiger partial charge in [0.05, 0.1) is 29.7 Å². The van der Waals surface area contributed by atoms with Gasteiger partial charge in [-0.15, -0.1) is 45.3 Å². The number of piperidine rings is 5. The van der Waals surface area contributed by atoms with Crippen LogP contribution in [0.4, 0.5) is 36.4 Å². The number of anilines is 4. The summed E-state index contributed by atoms with van der Waals surface area (Å²) in [5.74, 6) is 4.85. The van der Waals surface area contributed by atoms with E-state index in [2.05, 4.69) is 182 Å². The van der Waals surface area contributed by atoms with Gasteiger partial charge in [0.1, 0.15) is 29.0 Å². The van der Waals surface area contributed by atoms with Crippen LogP contribution in [0, 0.1) is 0 Å². The SMILES string of the molecule is CN(C)C1CCN(c2cc3ccsc3c(=O)[nH]2)CC1.CN(C)C1CCN(c2cc3ccsc3c(=O)[nH]2)CC1.CN1CCC(c2[nH]c(=O)c3cccc(Cl)c3c2-c2ccccc2)CC1.CN1CCC(c2cc3c(C(F)(F)F)cccc3c(=O)[nH]2)CC1.CN1CCC(c2cc3c(O)cccc3c(=O)[nH]2)CC1.CN1CCN(c2cc3ccsc3c(=O)[nH]2)CC1.CN1CCN(c2cc3ccsc3c(=O)[nH]2)CC1. The Morgan fingerprint density at radius 2 is 0.674 bits per heavy atom. The highest BCUT2D eigenvalue weighted by molar-refractivity contribution is 7.18. The van der Waals surface area contributed by atoms with Crippen molar-refractivity contribution in [3.05, 3.63) is 267 Å². The number of hydrogen-bond donors (Lipinski definition) is 8. The van der Waals surface area contributed by atoms with Crippen LogP contribution >= 0.6 is 56.9 Å². The van der Waals surface area contributed by atoms with E-state index in [9.17, 15) is 51.8 Å². The van der Waals surface area contributed by atoms with Gasteiger partial charge in [-0.1, -0.05) is 60.1 Å². The van der Waals surface area contributed by atoms with Gasteiger partial charge in [-0.2, -0.15) is 13.2 Å². The van der Waals surface area contributed by atoms with Gasteiger partial charge in [-0.05, 0) is 291 Å². The standard InChI is InChI=1S/C21H21ClN2O.C16H17F3N2O.C15H18N2O2.2C14H19N3OS.2C12H15N3OS/c1-24-12-10-15(11-13-24)20-18(14-6-3-2-4-7-14)19-16(21(25)23-20)8-5-9-17(19)22;1-21-7-5-10(6-8-21)14-9-12-11(15(22)20-14)3-2-4-13(12)16(17,18)19;1-17-7-5-10(6-8-17)13-9-12-11(15(19)16-13)3-2-4-14(12)18;2*1-16(2)11-3-6-17(7-4-11)12-9-10-5-8-19-13(10)14(18)15-12;2*1-14-3-5-15(6-4-14)10-8-9-2-7-17-11(9)12(16)13-10/h2-9,15H,10-13H2,1H3,(H,23,25);2-4,9-10H,5-8H2,1H3,(H,20,22);2-4,9-10,18H,5-8H2,1H3,(H,16,19);2*5,8-9,11H,3-4,6-7H2,1-2H3,(H,15,18);2*2,7-8H,3-6H2,1H3,(H,13,16). The minimum absolute atomic E-state index is 0.00678. The van der Waals surface area contributed by atoms with Crippen molar-refractivity contribution in [2.75, 3.05) is 201 Å². The summed E-state index contributed by atoms with van der Waals surface area (Å²) in [5.41, 5.74) is 3.57. The Kier molecular flexibility index (Phi) is 32.6. The second-order valence-electron chi connectivity index (χ2n) is 37.8. The lowest BCUT2D eigenvalue weighted by molar-refractivity contribution is -0.136. The first-order valence-electron chi connectivity index (χ1n) is 47.6. The predicted molar refractivity (Wildman–Crippen MR) is 566 cm³/mol. The zero-order chi connectivity index (χ0) is 97.2. The normalized spacial score (nSPS) is 17.5. The highest BCUT2D eigenvalue weighted by Crippen LogP contribution is 2.42. The first-order chi connectivity index (χ1) is 66.4. The maximum atomic E-state index is 13.2. The van der Waals surface area contributed by atoms with Gasteiger partial charge in [0.15, 0.2) is 0 Å². The number of aromatic hydroxyl groups is 1. The van der Waals surface area contributed by atoms with E-state index >= 15 is 0 Å². The molecule has 8 N–H and O–H groups in total. The minimum Gasteiger partial charge on any atom is -0.507 e. The molecule has 4 aromatic carbocycles. The Morgan fingerprint density at radius 1 is 0.341 bits per heavy atom. The molecule has 0 unspecified atom stereocenters. The zero-order valence-corrected chi connectivity index (χ0v) is 83.7. The van der Waals surface area contributed by atoms with Crippen LogP contribution in [0.1, 0.15) is 105 Å². The fraction of sp³-hybridized carbons (Fsp3) is 0.413. The number of fused-ring (bicyclic) bond motifs is 7. The summed E-state index contributed by atoms with van der Waals surface area (Å²) in [7, 11) is 19.1. The van der Waals surface area contributed by atoms with Crippen LogP contribution in [0.3, 0.4) is 0 Å². The third-order valence-corrected chi connectivity index (χ3v) is 32.2. The van der Waals surface area contributed by atoms with E-state index in [1.54, 1.807) is 18.2 Å². The Bertz CT molecular complexity index is 6910. The van der Waals surface area contributed by atoms with Crippen molar-refractivity contribution in [2.24, 2.45) is 0 Å². The summed E-state index contributed by atoms with van der Waals surface area (Å²) < 4.78 is 42.8. The maximum Gasteiger partial charge on any atom is 0.417 e. The number of pyridine rings is 7. The fourth-order valence-corrected chi connectivity index (χ4v) is 23.1. The fourth-order valence-electron chi connectivity index (χ4n) is 19.7. The molecule has 11 aromatic heterocycles. The average molecular weight is 1970 g/mol. The molecule has 34 heteroatoms. The van der Waals surface area contributed by atoms with E-state index in [0.717, 1.165) is 280 Å². The second-order valence-corrected chi connectivity index (χ2v) is 41.9. The summed E-state index contributed by atoms with van der Waals surface area (Å²) in [4.78, 5) is 131. The summed E-state index contributed by atoms with van der Waals surface area (Å²) in [5, 5.41) is 25.4. The zero-order valence-electron chi connectivity index (χ0n) is 79.7. The molecule has 0 aliphatic carbocycles. The molecule has 0 amide bonds. The maximum absolute atomic E-state index is 13.2. The monoisotopic (exact) mass is 1970 g/mol. The lowest BCUT2D eigenvalue weighted by atomic mass is 9.86. The Hall–Kier alpha value is -11.1. The molecule has 0 saturated carbocycles. The number of nitrogens with zero attached hydrogens (tertiary/aromatic N) is 11. The van der Waals surface area contributed by atoms with Gasteiger partial charge in [0.2, 0.25) is 0 Å². The van der Waals surface area contributed by atoms with Gasteiger partial charge in [0.25, 0.3) is 38.9 Å². The molecule has 0 atom stereocenters. The second kappa shape index (κ2) is 45.0. The molecule has 730 valence electrons. The van der Waals surface area contributed by atoms with Gasteiger partial charge in [0, 0.05) is 185 Å². The van der Waals surface area contributed by atoms with Crippen molar-refractivity contribution in [1.29, 1.82) is 0 Å². The van der Waals surface area contributed by atoms with Crippen LogP contribution in [0.2, 0.25) is 5.02 Å².